The Hall–Kier alpha value is -2.76. The molecule has 0 amide bonds. The molecular weight excluding hydrogens is 460 g/mol. The van der Waals surface area contributed by atoms with Crippen LogP contribution in [0.4, 0.5) is 0 Å². The first kappa shape index (κ1) is 24.6. The van der Waals surface area contributed by atoms with Crippen molar-refractivity contribution in [1.82, 2.24) is 9.97 Å². The number of aryl methyl sites for hydroxylation is 6. The molecule has 6 rings (SSSR count). The molecule has 0 saturated carbocycles. The second-order valence-electron chi connectivity index (χ2n) is 12.1. The standard InChI is InChI=1S/C31H40N4O2/c1-31(2,19-36-34-27-15-7-11-23-17-21-9-3-5-13-25(21)32-29(23)27)20-37-35-28-16-8-12-24-18-22-10-4-6-14-26(22)33-30(24)28/h17-18H,3-16,19-20H2,1-2H3. The Bertz CT molecular complexity index is 1140. The molecule has 2 aromatic heterocycles. The quantitative estimate of drug-likeness (QED) is 0.451. The average Bonchev–Trinajstić information content (AvgIpc) is 2.91. The van der Waals surface area contributed by atoms with Gasteiger partial charge in [0.2, 0.25) is 0 Å². The maximum Gasteiger partial charge on any atom is 0.125 e. The van der Waals surface area contributed by atoms with Crippen LogP contribution in [0.2, 0.25) is 0 Å². The zero-order valence-electron chi connectivity index (χ0n) is 22.6. The second kappa shape index (κ2) is 10.5. The number of hydrogen-bond acceptors (Lipinski definition) is 6. The molecule has 2 heterocycles. The molecule has 0 atom stereocenters. The molecule has 0 aromatic carbocycles. The van der Waals surface area contributed by atoms with Gasteiger partial charge in [-0.3, -0.25) is 9.97 Å². The van der Waals surface area contributed by atoms with Gasteiger partial charge in [-0.05, 0) is 112 Å². The Morgan fingerprint density at radius 3 is 1.51 bits per heavy atom. The van der Waals surface area contributed by atoms with E-state index in [1.54, 1.807) is 0 Å². The summed E-state index contributed by atoms with van der Waals surface area (Å²) in [6, 6.07) is 4.77. The predicted octanol–water partition coefficient (Wildman–Crippen LogP) is 6.07. The predicted molar refractivity (Wildman–Crippen MR) is 146 cm³/mol. The summed E-state index contributed by atoms with van der Waals surface area (Å²) in [6.45, 7) is 5.23. The normalized spacial score (nSPS) is 21.1. The lowest BCUT2D eigenvalue weighted by molar-refractivity contribution is -0.000313. The van der Waals surface area contributed by atoms with Crippen molar-refractivity contribution in [1.29, 1.82) is 0 Å². The number of aromatic nitrogens is 2. The van der Waals surface area contributed by atoms with Gasteiger partial charge in [0, 0.05) is 16.8 Å². The first-order chi connectivity index (χ1) is 18.1. The van der Waals surface area contributed by atoms with Gasteiger partial charge in [-0.1, -0.05) is 36.3 Å². The van der Waals surface area contributed by atoms with Crippen molar-refractivity contribution < 1.29 is 9.68 Å². The molecule has 0 spiro atoms. The highest BCUT2D eigenvalue weighted by molar-refractivity contribution is 6.01. The van der Waals surface area contributed by atoms with Gasteiger partial charge < -0.3 is 9.68 Å². The van der Waals surface area contributed by atoms with E-state index in [2.05, 4.69) is 36.3 Å². The van der Waals surface area contributed by atoms with Crippen molar-refractivity contribution >= 4 is 11.4 Å². The third-order valence-corrected chi connectivity index (χ3v) is 8.29. The highest BCUT2D eigenvalue weighted by Gasteiger charge is 2.25. The van der Waals surface area contributed by atoms with Crippen LogP contribution >= 0.6 is 0 Å². The minimum Gasteiger partial charge on any atom is -0.395 e. The maximum absolute atomic E-state index is 5.91. The molecule has 196 valence electrons. The highest BCUT2D eigenvalue weighted by atomic mass is 16.6. The van der Waals surface area contributed by atoms with Gasteiger partial charge in [-0.25, -0.2) is 0 Å². The minimum absolute atomic E-state index is 0.213. The Kier molecular flexibility index (Phi) is 7.00. The summed E-state index contributed by atoms with van der Waals surface area (Å²) in [6.07, 6.45) is 15.8. The van der Waals surface area contributed by atoms with Crippen molar-refractivity contribution in [3.05, 3.63) is 57.2 Å². The van der Waals surface area contributed by atoms with Crippen molar-refractivity contribution in [3.63, 3.8) is 0 Å². The SMILES string of the molecule is CC(C)(CON=C1CCCc2cc3c(nc21)CCCC3)CON=C1CCCc2cc3c(nc21)CCCC3. The van der Waals surface area contributed by atoms with Crippen molar-refractivity contribution in [3.8, 4) is 0 Å². The number of oxime groups is 2. The minimum atomic E-state index is -0.213. The van der Waals surface area contributed by atoms with Crippen LogP contribution in [0, 0.1) is 5.41 Å². The van der Waals surface area contributed by atoms with E-state index < -0.39 is 0 Å². The highest BCUT2D eigenvalue weighted by Crippen LogP contribution is 2.29. The van der Waals surface area contributed by atoms with Crippen LogP contribution in [-0.4, -0.2) is 34.6 Å². The summed E-state index contributed by atoms with van der Waals surface area (Å²) in [5.74, 6) is 0. The Morgan fingerprint density at radius 2 is 1.03 bits per heavy atom. The molecule has 2 aromatic rings. The summed E-state index contributed by atoms with van der Waals surface area (Å²) in [5.41, 5.74) is 12.0. The van der Waals surface area contributed by atoms with Crippen LogP contribution < -0.4 is 0 Å². The third kappa shape index (κ3) is 5.44. The van der Waals surface area contributed by atoms with Crippen LogP contribution in [0.25, 0.3) is 0 Å². The number of nitrogens with zero attached hydrogens (tertiary/aromatic N) is 4. The molecule has 0 unspecified atom stereocenters. The van der Waals surface area contributed by atoms with Crippen LogP contribution in [-0.2, 0) is 48.2 Å². The monoisotopic (exact) mass is 500 g/mol. The summed E-state index contributed by atoms with van der Waals surface area (Å²) in [4.78, 5) is 21.9. The number of fused-ring (bicyclic) bond motifs is 4. The molecule has 0 saturated heterocycles. The summed E-state index contributed by atoms with van der Waals surface area (Å²) in [5, 5.41) is 9.16. The molecule has 4 aliphatic rings. The van der Waals surface area contributed by atoms with Crippen LogP contribution in [0.3, 0.4) is 0 Å². The Morgan fingerprint density at radius 1 is 0.595 bits per heavy atom. The van der Waals surface area contributed by atoms with Crippen LogP contribution in [0.5, 0.6) is 0 Å². The molecule has 6 heteroatoms. The average molecular weight is 501 g/mol. The van der Waals surface area contributed by atoms with E-state index in [9.17, 15) is 0 Å². The number of hydrogen-bond donors (Lipinski definition) is 0. The first-order valence-electron chi connectivity index (χ1n) is 14.5. The Labute approximate surface area is 220 Å². The van der Waals surface area contributed by atoms with E-state index >= 15 is 0 Å². The van der Waals surface area contributed by atoms with E-state index in [0.717, 1.165) is 74.2 Å². The summed E-state index contributed by atoms with van der Waals surface area (Å²) in [7, 11) is 0. The van der Waals surface area contributed by atoms with Crippen LogP contribution in [0.1, 0.15) is 110 Å². The second-order valence-corrected chi connectivity index (χ2v) is 12.1. The van der Waals surface area contributed by atoms with Gasteiger partial charge in [0.1, 0.15) is 24.6 Å². The van der Waals surface area contributed by atoms with Crippen molar-refractivity contribution in [2.75, 3.05) is 13.2 Å². The largest absolute Gasteiger partial charge is 0.395 e. The number of rotatable bonds is 6. The fourth-order valence-electron chi connectivity index (χ4n) is 6.16. The molecule has 0 aliphatic heterocycles. The van der Waals surface area contributed by atoms with Crippen LogP contribution in [0.15, 0.2) is 22.4 Å². The van der Waals surface area contributed by atoms with Gasteiger partial charge >= 0.3 is 0 Å². The maximum atomic E-state index is 5.91. The molecule has 0 fully saturated rings. The molecule has 0 N–H and O–H groups in total. The van der Waals surface area contributed by atoms with E-state index in [-0.39, 0.29) is 5.41 Å². The molecule has 37 heavy (non-hydrogen) atoms. The van der Waals surface area contributed by atoms with Crippen molar-refractivity contribution in [2.45, 2.75) is 104 Å². The lowest BCUT2D eigenvalue weighted by Crippen LogP contribution is -2.25. The zero-order chi connectivity index (χ0) is 25.2. The Balaban J connectivity index is 1.08. The van der Waals surface area contributed by atoms with Gasteiger partial charge in [0.25, 0.3) is 0 Å². The van der Waals surface area contributed by atoms with E-state index in [1.165, 1.54) is 72.2 Å². The van der Waals surface area contributed by atoms with E-state index in [4.69, 9.17) is 19.6 Å². The van der Waals surface area contributed by atoms with Gasteiger partial charge in [0.05, 0.1) is 11.4 Å². The van der Waals surface area contributed by atoms with Gasteiger partial charge in [-0.2, -0.15) is 0 Å². The molecule has 0 radical (unpaired) electrons. The van der Waals surface area contributed by atoms with Gasteiger partial charge in [-0.15, -0.1) is 0 Å². The zero-order valence-corrected chi connectivity index (χ0v) is 22.6. The molecule has 0 bridgehead atoms. The van der Waals surface area contributed by atoms with Crippen molar-refractivity contribution in [2.24, 2.45) is 15.7 Å². The van der Waals surface area contributed by atoms with E-state index in [1.807, 2.05) is 0 Å². The lowest BCUT2D eigenvalue weighted by atomic mass is 9.88. The summed E-state index contributed by atoms with van der Waals surface area (Å²) >= 11 is 0. The first-order valence-corrected chi connectivity index (χ1v) is 14.5. The lowest BCUT2D eigenvalue weighted by Gasteiger charge is -2.24. The summed E-state index contributed by atoms with van der Waals surface area (Å²) < 4.78 is 0. The van der Waals surface area contributed by atoms with E-state index in [0.29, 0.717) is 13.2 Å². The molecule has 6 nitrogen and oxygen atoms in total. The smallest absolute Gasteiger partial charge is 0.125 e. The van der Waals surface area contributed by atoms with Gasteiger partial charge in [0.15, 0.2) is 0 Å². The topological polar surface area (TPSA) is 69.0 Å². The third-order valence-electron chi connectivity index (χ3n) is 8.29. The fourth-order valence-corrected chi connectivity index (χ4v) is 6.16. The fraction of sp³-hybridized carbons (Fsp3) is 0.613. The molecular formula is C31H40N4O2. The number of pyridine rings is 2. The molecule has 4 aliphatic carbocycles.